The van der Waals surface area contributed by atoms with Gasteiger partial charge in [-0.05, 0) is 0 Å². The molecule has 0 aromatic heterocycles. The summed E-state index contributed by atoms with van der Waals surface area (Å²) in [6.45, 7) is 0. The van der Waals surface area contributed by atoms with Crippen molar-refractivity contribution in [1.29, 1.82) is 0 Å². The van der Waals surface area contributed by atoms with Gasteiger partial charge in [-0.15, -0.1) is 0 Å². The van der Waals surface area contributed by atoms with Gasteiger partial charge in [0.15, 0.2) is 0 Å². The van der Waals surface area contributed by atoms with E-state index in [1.807, 2.05) is 0 Å². The maximum Gasteiger partial charge on any atom is 1.00 e. The summed E-state index contributed by atoms with van der Waals surface area (Å²) in [4.78, 5) is 9.81. The monoisotopic (exact) mass is 286 g/mol. The predicted octanol–water partition coefficient (Wildman–Crippen LogP) is -9.22. The molecule has 4 nitrogen and oxygen atoms in total. The summed E-state index contributed by atoms with van der Waals surface area (Å²) in [6, 6.07) is 0. The first-order chi connectivity index (χ1) is 3.72. The summed E-state index contributed by atoms with van der Waals surface area (Å²) < 4.78 is 18.6. The fourth-order valence-corrected chi connectivity index (χ4v) is 0.988. The van der Waals surface area contributed by atoms with Crippen LogP contribution in [0.2, 0.25) is 3.49 Å². The van der Waals surface area contributed by atoms with Gasteiger partial charge in [-0.25, -0.2) is 0 Å². The minimum Gasteiger partial charge on any atom is 1.00 e. The van der Waals surface area contributed by atoms with E-state index < -0.39 is 41.6 Å². The number of carboxylic acids is 1. The quantitative estimate of drug-likeness (QED) is 0.522. The summed E-state index contributed by atoms with van der Waals surface area (Å²) >= 11 is -2.99. The molecule has 46 valence electrons. The molecule has 0 bridgehead atoms. The van der Waals surface area contributed by atoms with E-state index in [9.17, 15) is 13.0 Å². The zero-order valence-electron chi connectivity index (χ0n) is 5.64. The molecule has 0 aliphatic heterocycles. The first kappa shape index (κ1) is 18.3. The van der Waals surface area contributed by atoms with Gasteiger partial charge in [0.1, 0.15) is 0 Å². The Kier molecular flexibility index (Phi) is 21.1. The molecule has 0 aliphatic carbocycles. The molecular weight excluding hydrogens is 284 g/mol. The van der Waals surface area contributed by atoms with Crippen molar-refractivity contribution >= 4 is 38.2 Å². The van der Waals surface area contributed by atoms with E-state index >= 15 is 0 Å². The van der Waals surface area contributed by atoms with Gasteiger partial charge in [-0.2, -0.15) is 0 Å². The summed E-state index contributed by atoms with van der Waals surface area (Å²) in [5.74, 6) is -1.21. The van der Waals surface area contributed by atoms with Crippen LogP contribution in [0.4, 0.5) is 0 Å². The molecule has 10 heavy (non-hydrogen) atoms. The number of hydrogen-bond acceptors (Lipinski definition) is 3. The van der Waals surface area contributed by atoms with Gasteiger partial charge in [0.05, 0.1) is 0 Å². The number of aliphatic carboxylic acids is 1. The number of hydrogen-bond donors (Lipinski definition) is 1. The van der Waals surface area contributed by atoms with E-state index in [0.717, 1.165) is 0 Å². The molecule has 0 rings (SSSR count). The predicted molar refractivity (Wildman–Crippen MR) is 22.9 cm³/mol. The minimum atomic E-state index is -1.50. The Bertz CT molecular complexity index is 87.3. The van der Waals surface area contributed by atoms with E-state index in [4.69, 9.17) is 5.11 Å². The third-order valence-electron chi connectivity index (χ3n) is 0.421. The van der Waals surface area contributed by atoms with Crippen molar-refractivity contribution in [3.8, 4) is 0 Å². The van der Waals surface area contributed by atoms with Crippen LogP contribution in [0.25, 0.3) is 0 Å². The second-order valence-electron chi connectivity index (χ2n) is 0.923. The molecule has 0 aromatic carbocycles. The van der Waals surface area contributed by atoms with Crippen LogP contribution >= 0.6 is 0 Å². The van der Waals surface area contributed by atoms with Crippen LogP contribution in [0.3, 0.4) is 0 Å². The SMILES string of the molecule is O=C(O)C([As][O-])[As][O-].[Na+].[Na+]. The first-order valence-corrected chi connectivity index (χ1v) is 5.30. The molecule has 0 atom stereocenters. The van der Waals surface area contributed by atoms with Crippen LogP contribution in [0.5, 0.6) is 0 Å². The second kappa shape index (κ2) is 11.5. The molecule has 0 saturated heterocycles. The standard InChI is InChI=1S/C2H2As2O4.2Na/c5-2(6)1(3-7)4-8;;/h1H,(H,5,6);;/q-2;2*+1. The van der Waals surface area contributed by atoms with Crippen LogP contribution in [0.15, 0.2) is 0 Å². The summed E-state index contributed by atoms with van der Waals surface area (Å²) in [6.07, 6.45) is 0. The van der Waals surface area contributed by atoms with Gasteiger partial charge in [-0.3, -0.25) is 0 Å². The van der Waals surface area contributed by atoms with Crippen LogP contribution < -0.4 is 67.3 Å². The van der Waals surface area contributed by atoms with Crippen molar-refractivity contribution in [2.24, 2.45) is 0 Å². The number of carboxylic acid groups (broad SMARTS) is 1. The molecule has 0 aliphatic rings. The van der Waals surface area contributed by atoms with E-state index in [2.05, 4.69) is 0 Å². The van der Waals surface area contributed by atoms with Crippen LogP contribution in [-0.4, -0.2) is 43.3 Å². The minimum absolute atomic E-state index is 0. The fourth-order valence-electron chi connectivity index (χ4n) is 0.109. The Balaban J connectivity index is -0.000000245. The smallest absolute Gasteiger partial charge is 1.00 e. The molecule has 0 aromatic rings. The Morgan fingerprint density at radius 1 is 1.30 bits per heavy atom. The molecule has 0 saturated carbocycles. The van der Waals surface area contributed by atoms with Crippen LogP contribution in [0, 0.1) is 0 Å². The van der Waals surface area contributed by atoms with Gasteiger partial charge >= 0.3 is 119 Å². The zero-order chi connectivity index (χ0) is 6.57. The van der Waals surface area contributed by atoms with Gasteiger partial charge in [0, 0.05) is 0 Å². The topological polar surface area (TPSA) is 83.4 Å². The first-order valence-electron chi connectivity index (χ1n) is 1.60. The molecule has 1 N–H and O–H groups in total. The Labute approximate surface area is 117 Å². The average molecular weight is 286 g/mol. The van der Waals surface area contributed by atoms with Gasteiger partial charge < -0.3 is 0 Å². The maximum atomic E-state index is 9.84. The summed E-state index contributed by atoms with van der Waals surface area (Å²) in [5.41, 5.74) is 0. The molecule has 0 spiro atoms. The van der Waals surface area contributed by atoms with Gasteiger partial charge in [-0.1, -0.05) is 0 Å². The van der Waals surface area contributed by atoms with Crippen molar-refractivity contribution in [3.63, 3.8) is 0 Å². The van der Waals surface area contributed by atoms with Crippen molar-refractivity contribution in [1.82, 2.24) is 0 Å². The Morgan fingerprint density at radius 3 is 1.60 bits per heavy atom. The van der Waals surface area contributed by atoms with Gasteiger partial charge in [0.2, 0.25) is 0 Å². The Hall–Kier alpha value is 2.51. The summed E-state index contributed by atoms with van der Waals surface area (Å²) in [5, 5.41) is 8.02. The van der Waals surface area contributed by atoms with Crippen LogP contribution in [0.1, 0.15) is 0 Å². The maximum absolute atomic E-state index is 9.84. The third kappa shape index (κ3) is 8.60. The van der Waals surface area contributed by atoms with E-state index in [1.165, 1.54) is 0 Å². The largest absolute Gasteiger partial charge is 1.00 e. The fraction of sp³-hybridized carbons (Fsp3) is 0.500. The van der Waals surface area contributed by atoms with Crippen molar-refractivity contribution in [2.75, 3.05) is 0 Å². The second-order valence-corrected chi connectivity index (χ2v) is 5.89. The molecule has 0 unspecified atom stereocenters. The van der Waals surface area contributed by atoms with E-state index in [0.29, 0.717) is 0 Å². The van der Waals surface area contributed by atoms with Crippen molar-refractivity contribution in [3.05, 3.63) is 0 Å². The normalized spacial score (nSPS) is 13.0. The molecule has 0 heterocycles. The van der Waals surface area contributed by atoms with Crippen LogP contribution in [-0.2, 0) is 4.79 Å². The van der Waals surface area contributed by atoms with Gasteiger partial charge in [0.25, 0.3) is 0 Å². The Morgan fingerprint density at radius 2 is 1.60 bits per heavy atom. The van der Waals surface area contributed by atoms with Crippen molar-refractivity contribution < 1.29 is 77.2 Å². The van der Waals surface area contributed by atoms with E-state index in [-0.39, 0.29) is 59.1 Å². The van der Waals surface area contributed by atoms with E-state index in [1.54, 1.807) is 0 Å². The molecule has 8 heteroatoms. The van der Waals surface area contributed by atoms with Crippen molar-refractivity contribution in [2.45, 2.75) is 3.49 Å². The third-order valence-corrected chi connectivity index (χ3v) is 4.24. The summed E-state index contributed by atoms with van der Waals surface area (Å²) in [7, 11) is 0. The average Bonchev–Trinajstić information content (AvgIpc) is 1.69. The zero-order valence-corrected chi connectivity index (χ0v) is 13.4. The molecule has 0 fully saturated rings. The number of rotatable bonds is 3. The molecule has 0 amide bonds. The number of carbonyl (C=O) groups is 1. The molecular formula is C2H2As2Na2O4. The molecule has 2 radical (unpaired) electrons.